The molecule has 1 unspecified atom stereocenters. The summed E-state index contributed by atoms with van der Waals surface area (Å²) in [6.07, 6.45) is 10.3. The molecule has 0 aromatic carbocycles. The Kier molecular flexibility index (Phi) is 3.26. The maximum Gasteiger partial charge on any atom is 0.00670 e. The monoisotopic (exact) mass is 181 g/mol. The van der Waals surface area contributed by atoms with Gasteiger partial charge in [-0.3, -0.25) is 0 Å². The molecule has 1 nitrogen and oxygen atoms in total. The first-order valence-corrected chi connectivity index (χ1v) is 6.09. The Labute approximate surface area is 82.3 Å². The molecular weight excluding hydrogens is 158 g/mol. The van der Waals surface area contributed by atoms with Gasteiger partial charge in [-0.05, 0) is 44.6 Å². The third-order valence-electron chi connectivity index (χ3n) is 3.82. The lowest BCUT2D eigenvalue weighted by Gasteiger charge is -2.14. The number of hydrogen-bond donors (Lipinski definition) is 1. The summed E-state index contributed by atoms with van der Waals surface area (Å²) in [7, 11) is 0. The molecular formula is C12H23N. The minimum absolute atomic E-state index is 0.793. The van der Waals surface area contributed by atoms with Crippen LogP contribution in [0.1, 0.15) is 51.9 Å². The minimum atomic E-state index is 0.793. The molecule has 0 heterocycles. The van der Waals surface area contributed by atoms with E-state index in [0.29, 0.717) is 0 Å². The maximum atomic E-state index is 3.67. The van der Waals surface area contributed by atoms with E-state index in [1.165, 1.54) is 51.5 Å². The molecule has 2 rings (SSSR count). The smallest absolute Gasteiger partial charge is 0.00670 e. The van der Waals surface area contributed by atoms with Gasteiger partial charge < -0.3 is 5.32 Å². The van der Waals surface area contributed by atoms with Gasteiger partial charge in [-0.15, -0.1) is 0 Å². The third kappa shape index (κ3) is 2.98. The van der Waals surface area contributed by atoms with Crippen LogP contribution in [0.2, 0.25) is 0 Å². The van der Waals surface area contributed by atoms with E-state index in [9.17, 15) is 0 Å². The molecule has 1 N–H and O–H groups in total. The topological polar surface area (TPSA) is 12.0 Å². The van der Waals surface area contributed by atoms with Gasteiger partial charge in [0.1, 0.15) is 0 Å². The van der Waals surface area contributed by atoms with E-state index in [1.54, 1.807) is 0 Å². The SMILES string of the molecule is CC(NCCC1CCCC1)C1CC1. The Morgan fingerprint density at radius 3 is 2.46 bits per heavy atom. The summed E-state index contributed by atoms with van der Waals surface area (Å²) >= 11 is 0. The van der Waals surface area contributed by atoms with Crippen molar-refractivity contribution in [1.82, 2.24) is 5.32 Å². The first kappa shape index (κ1) is 9.51. The van der Waals surface area contributed by atoms with E-state index in [1.807, 2.05) is 0 Å². The van der Waals surface area contributed by atoms with Crippen LogP contribution in [0.5, 0.6) is 0 Å². The zero-order chi connectivity index (χ0) is 9.10. The van der Waals surface area contributed by atoms with Crippen LogP contribution in [0.25, 0.3) is 0 Å². The van der Waals surface area contributed by atoms with Crippen molar-refractivity contribution in [2.45, 2.75) is 57.9 Å². The van der Waals surface area contributed by atoms with Crippen LogP contribution in [0.3, 0.4) is 0 Å². The summed E-state index contributed by atoms with van der Waals surface area (Å²) < 4.78 is 0. The Bertz CT molecular complexity index is 143. The predicted molar refractivity (Wildman–Crippen MR) is 56.8 cm³/mol. The average Bonchev–Trinajstić information content (AvgIpc) is 2.86. The summed E-state index contributed by atoms with van der Waals surface area (Å²) in [5.41, 5.74) is 0. The Morgan fingerprint density at radius 1 is 1.15 bits per heavy atom. The van der Waals surface area contributed by atoms with Crippen molar-refractivity contribution in [3.8, 4) is 0 Å². The molecule has 0 aliphatic heterocycles. The highest BCUT2D eigenvalue weighted by Crippen LogP contribution is 2.32. The molecule has 1 atom stereocenters. The van der Waals surface area contributed by atoms with E-state index >= 15 is 0 Å². The largest absolute Gasteiger partial charge is 0.314 e. The molecule has 2 aliphatic carbocycles. The molecule has 0 aromatic rings. The summed E-state index contributed by atoms with van der Waals surface area (Å²) in [6, 6.07) is 0.793. The van der Waals surface area contributed by atoms with Gasteiger partial charge in [0.05, 0.1) is 0 Å². The summed E-state index contributed by atoms with van der Waals surface area (Å²) in [6.45, 7) is 3.62. The molecule has 0 amide bonds. The molecule has 0 saturated heterocycles. The molecule has 0 radical (unpaired) electrons. The fraction of sp³-hybridized carbons (Fsp3) is 1.00. The standard InChI is InChI=1S/C12H23N/c1-10(12-6-7-12)13-9-8-11-4-2-3-5-11/h10-13H,2-9H2,1H3. The highest BCUT2D eigenvalue weighted by Gasteiger charge is 2.27. The quantitative estimate of drug-likeness (QED) is 0.687. The van der Waals surface area contributed by atoms with E-state index in [-0.39, 0.29) is 0 Å². The highest BCUT2D eigenvalue weighted by molar-refractivity contribution is 4.83. The molecule has 2 fully saturated rings. The third-order valence-corrected chi connectivity index (χ3v) is 3.82. The Morgan fingerprint density at radius 2 is 1.85 bits per heavy atom. The van der Waals surface area contributed by atoms with Crippen molar-refractivity contribution in [1.29, 1.82) is 0 Å². The summed E-state index contributed by atoms with van der Waals surface area (Å²) in [5, 5.41) is 3.67. The molecule has 0 spiro atoms. The molecule has 1 heteroatoms. The number of hydrogen-bond acceptors (Lipinski definition) is 1. The molecule has 2 saturated carbocycles. The van der Waals surface area contributed by atoms with E-state index in [0.717, 1.165) is 17.9 Å². The molecule has 0 bridgehead atoms. The van der Waals surface area contributed by atoms with Crippen LogP contribution in [0.15, 0.2) is 0 Å². The van der Waals surface area contributed by atoms with Crippen LogP contribution >= 0.6 is 0 Å². The normalized spacial score (nSPS) is 26.5. The van der Waals surface area contributed by atoms with Gasteiger partial charge in [-0.1, -0.05) is 25.7 Å². The second-order valence-corrected chi connectivity index (χ2v) is 5.02. The van der Waals surface area contributed by atoms with Crippen LogP contribution < -0.4 is 5.32 Å². The molecule has 13 heavy (non-hydrogen) atoms. The van der Waals surface area contributed by atoms with E-state index in [2.05, 4.69) is 12.2 Å². The Balaban J connectivity index is 1.52. The molecule has 0 aromatic heterocycles. The lowest BCUT2D eigenvalue weighted by atomic mass is 10.0. The van der Waals surface area contributed by atoms with Crippen LogP contribution in [0.4, 0.5) is 0 Å². The van der Waals surface area contributed by atoms with Gasteiger partial charge >= 0.3 is 0 Å². The predicted octanol–water partition coefficient (Wildman–Crippen LogP) is 2.95. The fourth-order valence-corrected chi connectivity index (χ4v) is 2.58. The van der Waals surface area contributed by atoms with Gasteiger partial charge in [-0.25, -0.2) is 0 Å². The number of nitrogens with one attached hydrogen (secondary N) is 1. The molecule has 2 aliphatic rings. The van der Waals surface area contributed by atoms with Gasteiger partial charge in [0.15, 0.2) is 0 Å². The van der Waals surface area contributed by atoms with Gasteiger partial charge in [0.25, 0.3) is 0 Å². The lowest BCUT2D eigenvalue weighted by Crippen LogP contribution is -2.29. The van der Waals surface area contributed by atoms with Crippen LogP contribution in [0, 0.1) is 11.8 Å². The average molecular weight is 181 g/mol. The van der Waals surface area contributed by atoms with Crippen molar-refractivity contribution < 1.29 is 0 Å². The lowest BCUT2D eigenvalue weighted by molar-refractivity contribution is 0.431. The second kappa shape index (κ2) is 4.45. The molecule has 76 valence electrons. The van der Waals surface area contributed by atoms with Gasteiger partial charge in [0, 0.05) is 6.04 Å². The first-order valence-electron chi connectivity index (χ1n) is 6.09. The zero-order valence-corrected chi connectivity index (χ0v) is 8.89. The number of rotatable bonds is 5. The van der Waals surface area contributed by atoms with Crippen molar-refractivity contribution in [2.24, 2.45) is 11.8 Å². The van der Waals surface area contributed by atoms with Gasteiger partial charge in [-0.2, -0.15) is 0 Å². The van der Waals surface area contributed by atoms with Gasteiger partial charge in [0.2, 0.25) is 0 Å². The van der Waals surface area contributed by atoms with Crippen LogP contribution in [-0.2, 0) is 0 Å². The van der Waals surface area contributed by atoms with Crippen molar-refractivity contribution in [2.75, 3.05) is 6.54 Å². The van der Waals surface area contributed by atoms with Crippen molar-refractivity contribution in [3.63, 3.8) is 0 Å². The first-order chi connectivity index (χ1) is 6.36. The fourth-order valence-electron chi connectivity index (χ4n) is 2.58. The second-order valence-electron chi connectivity index (χ2n) is 5.02. The van der Waals surface area contributed by atoms with Crippen molar-refractivity contribution in [3.05, 3.63) is 0 Å². The van der Waals surface area contributed by atoms with E-state index < -0.39 is 0 Å². The van der Waals surface area contributed by atoms with Crippen LogP contribution in [-0.4, -0.2) is 12.6 Å². The summed E-state index contributed by atoms with van der Waals surface area (Å²) in [5.74, 6) is 2.07. The van der Waals surface area contributed by atoms with Crippen molar-refractivity contribution >= 4 is 0 Å². The summed E-state index contributed by atoms with van der Waals surface area (Å²) in [4.78, 5) is 0. The zero-order valence-electron chi connectivity index (χ0n) is 8.89. The van der Waals surface area contributed by atoms with E-state index in [4.69, 9.17) is 0 Å². The minimum Gasteiger partial charge on any atom is -0.314 e. The maximum absolute atomic E-state index is 3.67. The Hall–Kier alpha value is -0.0400. The highest BCUT2D eigenvalue weighted by atomic mass is 14.9.